The molecule has 0 spiro atoms. The number of halogens is 3. The van der Waals surface area contributed by atoms with Gasteiger partial charge < -0.3 is 4.74 Å². The van der Waals surface area contributed by atoms with Crippen molar-refractivity contribution in [3.63, 3.8) is 0 Å². The van der Waals surface area contributed by atoms with E-state index >= 15 is 0 Å². The van der Waals surface area contributed by atoms with Crippen molar-refractivity contribution >= 4 is 47.8 Å². The van der Waals surface area contributed by atoms with E-state index in [0.29, 0.717) is 16.9 Å². The van der Waals surface area contributed by atoms with Crippen LogP contribution in [0, 0.1) is 0 Å². The minimum absolute atomic E-state index is 0.00371. The fourth-order valence-electron chi connectivity index (χ4n) is 2.65. The van der Waals surface area contributed by atoms with Crippen LogP contribution in [0.4, 0.5) is 0 Å². The van der Waals surface area contributed by atoms with Crippen molar-refractivity contribution in [2.24, 2.45) is 0 Å². The largest absolute Gasteiger partial charge is 0.496 e. The lowest BCUT2D eigenvalue weighted by Crippen LogP contribution is -2.54. The summed E-state index contributed by atoms with van der Waals surface area (Å²) in [4.78, 5) is 38.0. The van der Waals surface area contributed by atoms with Gasteiger partial charge in [-0.1, -0.05) is 66.0 Å². The first-order chi connectivity index (χ1) is 13.1. The van der Waals surface area contributed by atoms with Crippen LogP contribution in [0.15, 0.2) is 57.9 Å². The number of allylic oxidation sites excluding steroid dienone is 2. The number of methoxy groups -OCH3 is 1. The molecule has 0 unspecified atom stereocenters. The minimum atomic E-state index is -0.746. The van der Waals surface area contributed by atoms with Crippen LogP contribution in [-0.2, 0) is 21.8 Å². The molecule has 7 nitrogen and oxygen atoms in total. The van der Waals surface area contributed by atoms with Crippen molar-refractivity contribution in [1.29, 1.82) is 0 Å². The number of hydrogen-bond donors (Lipinski definition) is 0. The summed E-state index contributed by atoms with van der Waals surface area (Å²) in [6.07, 6.45) is 2.85. The average molecular weight is 580 g/mol. The third-order valence-corrected chi connectivity index (χ3v) is 5.20. The van der Waals surface area contributed by atoms with Crippen molar-refractivity contribution in [1.82, 2.24) is 13.7 Å². The Labute approximate surface area is 186 Å². The standard InChI is InChI=1S/C18H18Br3N3O4/c1-4-8-22-15(25)23(9-5-2)17(27)24(16(22)26)11-12-6-7-14(28-3)13(10-12)18(19,20)21/h4-7,10H,1-2,8-9,11H2,3H3. The molecule has 0 saturated heterocycles. The molecule has 0 saturated carbocycles. The SMILES string of the molecule is C=CCn1c(=O)n(CC=C)c(=O)n(Cc2ccc(OC)c(C(Br)(Br)Br)c2)c1=O. The monoisotopic (exact) mass is 577 g/mol. The maximum Gasteiger partial charge on any atom is 0.336 e. The third-order valence-electron chi connectivity index (χ3n) is 3.92. The van der Waals surface area contributed by atoms with E-state index in [-0.39, 0.29) is 19.6 Å². The van der Waals surface area contributed by atoms with E-state index in [1.165, 1.54) is 12.2 Å². The lowest BCUT2D eigenvalue weighted by Gasteiger charge is -2.18. The zero-order valence-electron chi connectivity index (χ0n) is 15.0. The summed E-state index contributed by atoms with van der Waals surface area (Å²) in [6, 6.07) is 5.26. The summed E-state index contributed by atoms with van der Waals surface area (Å²) in [5, 5.41) is 0. The van der Waals surface area contributed by atoms with Gasteiger partial charge in [-0.2, -0.15) is 0 Å². The number of nitrogens with zero attached hydrogens (tertiary/aromatic N) is 3. The Morgan fingerprint density at radius 2 is 1.46 bits per heavy atom. The summed E-state index contributed by atoms with van der Waals surface area (Å²) in [5.41, 5.74) is -0.703. The molecule has 1 heterocycles. The number of alkyl halides is 3. The van der Waals surface area contributed by atoms with Crippen molar-refractivity contribution in [3.05, 3.63) is 86.1 Å². The molecule has 28 heavy (non-hydrogen) atoms. The molecule has 1 aromatic heterocycles. The Kier molecular flexibility index (Phi) is 7.46. The molecule has 0 bridgehead atoms. The molecular weight excluding hydrogens is 562 g/mol. The zero-order valence-corrected chi connectivity index (χ0v) is 19.8. The van der Waals surface area contributed by atoms with Crippen LogP contribution in [0.1, 0.15) is 11.1 Å². The number of aromatic nitrogens is 3. The van der Waals surface area contributed by atoms with E-state index in [1.54, 1.807) is 25.3 Å². The van der Waals surface area contributed by atoms with Gasteiger partial charge in [-0.25, -0.2) is 28.1 Å². The fraction of sp³-hybridized carbons (Fsp3) is 0.278. The summed E-state index contributed by atoms with van der Waals surface area (Å²) >= 11 is 10.4. The van der Waals surface area contributed by atoms with Gasteiger partial charge in [-0.15, -0.1) is 13.2 Å². The first-order valence-electron chi connectivity index (χ1n) is 8.06. The molecule has 0 aliphatic rings. The summed E-state index contributed by atoms with van der Waals surface area (Å²) < 4.78 is 7.55. The molecule has 0 aliphatic carbocycles. The van der Waals surface area contributed by atoms with Gasteiger partial charge in [0.1, 0.15) is 5.75 Å². The first-order valence-corrected chi connectivity index (χ1v) is 10.4. The van der Waals surface area contributed by atoms with E-state index in [0.717, 1.165) is 13.7 Å². The number of ether oxygens (including phenoxy) is 1. The number of rotatable bonds is 7. The van der Waals surface area contributed by atoms with Gasteiger partial charge >= 0.3 is 17.1 Å². The highest BCUT2D eigenvalue weighted by Crippen LogP contribution is 2.48. The van der Waals surface area contributed by atoms with E-state index < -0.39 is 19.2 Å². The Morgan fingerprint density at radius 3 is 1.89 bits per heavy atom. The number of benzene rings is 1. The van der Waals surface area contributed by atoms with Gasteiger partial charge in [0.2, 0.25) is 0 Å². The van der Waals surface area contributed by atoms with Crippen LogP contribution >= 0.6 is 47.8 Å². The molecule has 1 aromatic carbocycles. The summed E-state index contributed by atoms with van der Waals surface area (Å²) in [5.74, 6) is 0.599. The van der Waals surface area contributed by atoms with Crippen LogP contribution in [0.3, 0.4) is 0 Å². The predicted octanol–water partition coefficient (Wildman–Crippen LogP) is 2.90. The van der Waals surface area contributed by atoms with Gasteiger partial charge in [-0.3, -0.25) is 0 Å². The summed E-state index contributed by atoms with van der Waals surface area (Å²) in [7, 11) is 1.54. The Bertz CT molecular complexity index is 1030. The quantitative estimate of drug-likeness (QED) is 0.373. The second kappa shape index (κ2) is 9.23. The molecule has 0 N–H and O–H groups in total. The highest BCUT2D eigenvalue weighted by molar-refractivity contribution is 9.38. The number of hydrogen-bond acceptors (Lipinski definition) is 4. The van der Waals surface area contributed by atoms with Gasteiger partial charge in [0.25, 0.3) is 0 Å². The Morgan fingerprint density at radius 1 is 0.964 bits per heavy atom. The summed E-state index contributed by atoms with van der Waals surface area (Å²) in [6.45, 7) is 7.10. The van der Waals surface area contributed by atoms with E-state index in [4.69, 9.17) is 4.74 Å². The molecule has 10 heteroatoms. The van der Waals surface area contributed by atoms with Gasteiger partial charge in [0, 0.05) is 5.56 Å². The fourth-order valence-corrected chi connectivity index (χ4v) is 3.58. The molecule has 0 aliphatic heterocycles. The average Bonchev–Trinajstić information content (AvgIpc) is 2.65. The van der Waals surface area contributed by atoms with E-state index in [9.17, 15) is 14.4 Å². The van der Waals surface area contributed by atoms with E-state index in [1.807, 2.05) is 0 Å². The predicted molar refractivity (Wildman–Crippen MR) is 120 cm³/mol. The maximum absolute atomic E-state index is 12.8. The van der Waals surface area contributed by atoms with Crippen LogP contribution in [0.25, 0.3) is 0 Å². The molecule has 0 atom stereocenters. The van der Waals surface area contributed by atoms with Gasteiger partial charge in [0.15, 0.2) is 2.14 Å². The highest BCUT2D eigenvalue weighted by atomic mass is 80.0. The van der Waals surface area contributed by atoms with E-state index in [2.05, 4.69) is 60.9 Å². The normalized spacial score (nSPS) is 11.3. The molecule has 0 amide bonds. The maximum atomic E-state index is 12.8. The smallest absolute Gasteiger partial charge is 0.336 e. The van der Waals surface area contributed by atoms with Crippen molar-refractivity contribution < 1.29 is 4.74 Å². The van der Waals surface area contributed by atoms with Crippen molar-refractivity contribution in [2.45, 2.75) is 21.8 Å². The second-order valence-electron chi connectivity index (χ2n) is 5.76. The van der Waals surface area contributed by atoms with Crippen LogP contribution in [0.5, 0.6) is 5.75 Å². The van der Waals surface area contributed by atoms with Crippen LogP contribution in [0.2, 0.25) is 0 Å². The van der Waals surface area contributed by atoms with Crippen molar-refractivity contribution in [2.75, 3.05) is 7.11 Å². The van der Waals surface area contributed by atoms with Crippen LogP contribution < -0.4 is 21.8 Å². The molecule has 2 aromatic rings. The Hall–Kier alpha value is -1.65. The molecule has 0 fully saturated rings. The van der Waals surface area contributed by atoms with Crippen LogP contribution in [-0.4, -0.2) is 20.8 Å². The minimum Gasteiger partial charge on any atom is -0.496 e. The van der Waals surface area contributed by atoms with Gasteiger partial charge in [-0.05, 0) is 17.7 Å². The Balaban J connectivity index is 2.68. The molecule has 2 rings (SSSR count). The van der Waals surface area contributed by atoms with Crippen molar-refractivity contribution in [3.8, 4) is 5.75 Å². The third kappa shape index (κ3) is 4.66. The molecule has 150 valence electrons. The first kappa shape index (κ1) is 22.6. The topological polar surface area (TPSA) is 75.2 Å². The van der Waals surface area contributed by atoms with Gasteiger partial charge in [0.05, 0.1) is 26.7 Å². The lowest BCUT2D eigenvalue weighted by atomic mass is 10.1. The highest BCUT2D eigenvalue weighted by Gasteiger charge is 2.26. The second-order valence-corrected chi connectivity index (χ2v) is 12.5. The zero-order chi connectivity index (χ0) is 21.1. The lowest BCUT2D eigenvalue weighted by molar-refractivity contribution is 0.410. The molecule has 0 radical (unpaired) electrons. The molecular formula is C18H18Br3N3O4.